The van der Waals surface area contributed by atoms with Crippen LogP contribution in [0.1, 0.15) is 10.5 Å². The Morgan fingerprint density at radius 1 is 1.47 bits per heavy atom. The average Bonchev–Trinajstić information content (AvgIpc) is 3.09. The molecule has 0 saturated carbocycles. The van der Waals surface area contributed by atoms with E-state index < -0.39 is 5.91 Å². The fourth-order valence-electron chi connectivity index (χ4n) is 1.49. The van der Waals surface area contributed by atoms with Gasteiger partial charge in [-0.2, -0.15) is 4.99 Å². The molecule has 3 aromatic rings. The molecule has 6 nitrogen and oxygen atoms in total. The molecule has 0 unspecified atom stereocenters. The summed E-state index contributed by atoms with van der Waals surface area (Å²) < 4.78 is 12.0. The number of hydrogen-bond donors (Lipinski definition) is 0. The van der Waals surface area contributed by atoms with Crippen molar-refractivity contribution in [3.63, 3.8) is 0 Å². The monoisotopic (exact) mass is 275 g/mol. The van der Waals surface area contributed by atoms with Crippen LogP contribution in [-0.4, -0.2) is 15.6 Å². The molecule has 0 atom stereocenters. The summed E-state index contributed by atoms with van der Waals surface area (Å²) in [6.45, 7) is 0. The Bertz CT molecular complexity index is 764. The number of aromatic nitrogens is 2. The molecular formula is C12H9N3O3S. The number of carbonyl (C=O) groups excluding carboxylic acids is 1. The summed E-state index contributed by atoms with van der Waals surface area (Å²) in [5.41, 5.74) is 0.153. The van der Waals surface area contributed by atoms with Gasteiger partial charge < -0.3 is 13.5 Å². The number of rotatable bonds is 2. The Hall–Kier alpha value is -2.41. The molecule has 0 aromatic carbocycles. The van der Waals surface area contributed by atoms with Gasteiger partial charge in [-0.25, -0.2) is 0 Å². The minimum atomic E-state index is -0.445. The van der Waals surface area contributed by atoms with E-state index in [1.165, 1.54) is 23.7 Å². The molecule has 96 valence electrons. The van der Waals surface area contributed by atoms with Crippen molar-refractivity contribution >= 4 is 17.2 Å². The minimum absolute atomic E-state index is 0.153. The van der Waals surface area contributed by atoms with Crippen molar-refractivity contribution in [3.8, 4) is 11.5 Å². The Labute approximate surface area is 111 Å². The maximum Gasteiger partial charge on any atom is 0.301 e. The van der Waals surface area contributed by atoms with E-state index in [1.54, 1.807) is 16.7 Å². The highest BCUT2D eigenvalue weighted by molar-refractivity contribution is 7.07. The van der Waals surface area contributed by atoms with Crippen molar-refractivity contribution < 1.29 is 13.7 Å². The first kappa shape index (κ1) is 11.7. The van der Waals surface area contributed by atoms with E-state index in [0.717, 1.165) is 0 Å². The lowest BCUT2D eigenvalue weighted by Crippen LogP contribution is -2.12. The zero-order chi connectivity index (χ0) is 13.2. The van der Waals surface area contributed by atoms with E-state index in [4.69, 9.17) is 8.94 Å². The van der Waals surface area contributed by atoms with E-state index in [9.17, 15) is 4.79 Å². The number of hydrogen-bond acceptors (Lipinski definition) is 5. The fourth-order valence-corrected chi connectivity index (χ4v) is 2.22. The molecule has 0 fully saturated rings. The van der Waals surface area contributed by atoms with Crippen molar-refractivity contribution in [2.24, 2.45) is 12.0 Å². The van der Waals surface area contributed by atoms with E-state index in [2.05, 4.69) is 10.1 Å². The van der Waals surface area contributed by atoms with Gasteiger partial charge in [0.2, 0.25) is 5.76 Å². The Kier molecular flexibility index (Phi) is 2.88. The quantitative estimate of drug-likeness (QED) is 0.717. The van der Waals surface area contributed by atoms with E-state index >= 15 is 0 Å². The van der Waals surface area contributed by atoms with Crippen LogP contribution < -0.4 is 4.80 Å². The van der Waals surface area contributed by atoms with Gasteiger partial charge in [-0.3, -0.25) is 4.79 Å². The van der Waals surface area contributed by atoms with Gasteiger partial charge in [-0.05, 0) is 12.1 Å². The number of thiazole rings is 1. The van der Waals surface area contributed by atoms with Gasteiger partial charge in [-0.1, -0.05) is 5.16 Å². The first-order valence-electron chi connectivity index (χ1n) is 5.44. The molecular weight excluding hydrogens is 266 g/mol. The fraction of sp³-hybridized carbons (Fsp3) is 0.0833. The third kappa shape index (κ3) is 2.27. The lowest BCUT2D eigenvalue weighted by molar-refractivity contribution is 0.0989. The van der Waals surface area contributed by atoms with E-state index in [1.807, 2.05) is 18.6 Å². The topological polar surface area (TPSA) is 73.5 Å². The molecule has 19 heavy (non-hydrogen) atoms. The Morgan fingerprint density at radius 3 is 3.05 bits per heavy atom. The van der Waals surface area contributed by atoms with Crippen molar-refractivity contribution in [2.75, 3.05) is 0 Å². The molecule has 0 aliphatic heterocycles. The molecule has 1 amide bonds. The van der Waals surface area contributed by atoms with Crippen LogP contribution >= 0.6 is 11.3 Å². The van der Waals surface area contributed by atoms with Gasteiger partial charge in [0.25, 0.3) is 0 Å². The molecule has 0 bridgehead atoms. The van der Waals surface area contributed by atoms with Gasteiger partial charge in [0.05, 0.1) is 6.26 Å². The molecule has 0 N–H and O–H groups in total. The summed E-state index contributed by atoms with van der Waals surface area (Å²) in [5, 5.41) is 5.55. The van der Waals surface area contributed by atoms with Crippen LogP contribution in [-0.2, 0) is 7.05 Å². The van der Waals surface area contributed by atoms with Gasteiger partial charge in [0, 0.05) is 24.7 Å². The van der Waals surface area contributed by atoms with Crippen LogP contribution in [0.15, 0.2) is 50.0 Å². The Morgan fingerprint density at radius 2 is 2.37 bits per heavy atom. The SMILES string of the molecule is Cn1ccsc1=NC(=O)c1cc(-c2ccco2)on1. The maximum absolute atomic E-state index is 11.9. The summed E-state index contributed by atoms with van der Waals surface area (Å²) in [6, 6.07) is 4.97. The van der Waals surface area contributed by atoms with Gasteiger partial charge in [0.1, 0.15) is 0 Å². The second-order valence-corrected chi connectivity index (χ2v) is 4.64. The van der Waals surface area contributed by atoms with Crippen LogP contribution in [0.4, 0.5) is 0 Å². The van der Waals surface area contributed by atoms with Gasteiger partial charge in [0.15, 0.2) is 16.3 Å². The van der Waals surface area contributed by atoms with Gasteiger partial charge >= 0.3 is 5.91 Å². The second-order valence-electron chi connectivity index (χ2n) is 3.77. The maximum atomic E-state index is 11.9. The largest absolute Gasteiger partial charge is 0.461 e. The summed E-state index contributed by atoms with van der Waals surface area (Å²) >= 11 is 1.38. The highest BCUT2D eigenvalue weighted by atomic mass is 32.1. The molecule has 0 saturated heterocycles. The molecule has 0 radical (unpaired) electrons. The van der Waals surface area contributed by atoms with E-state index in [0.29, 0.717) is 16.3 Å². The zero-order valence-corrected chi connectivity index (χ0v) is 10.8. The van der Waals surface area contributed by atoms with Crippen molar-refractivity contribution in [1.29, 1.82) is 0 Å². The minimum Gasteiger partial charge on any atom is -0.461 e. The van der Waals surface area contributed by atoms with Crippen molar-refractivity contribution in [1.82, 2.24) is 9.72 Å². The van der Waals surface area contributed by atoms with E-state index in [-0.39, 0.29) is 5.69 Å². The molecule has 3 heterocycles. The molecule has 3 rings (SSSR count). The highest BCUT2D eigenvalue weighted by Gasteiger charge is 2.14. The number of carbonyl (C=O) groups is 1. The normalized spacial score (nSPS) is 11.9. The van der Waals surface area contributed by atoms with Crippen LogP contribution in [0.5, 0.6) is 0 Å². The number of nitrogens with zero attached hydrogens (tertiary/aromatic N) is 3. The number of aryl methyl sites for hydroxylation is 1. The molecule has 3 aromatic heterocycles. The highest BCUT2D eigenvalue weighted by Crippen LogP contribution is 2.20. The zero-order valence-electron chi connectivity index (χ0n) is 9.94. The van der Waals surface area contributed by atoms with Crippen molar-refractivity contribution in [2.45, 2.75) is 0 Å². The summed E-state index contributed by atoms with van der Waals surface area (Å²) in [7, 11) is 1.82. The van der Waals surface area contributed by atoms with Crippen molar-refractivity contribution in [3.05, 3.63) is 46.5 Å². The summed E-state index contributed by atoms with van der Waals surface area (Å²) in [4.78, 5) is 16.5. The Balaban J connectivity index is 1.92. The third-order valence-corrected chi connectivity index (χ3v) is 3.30. The van der Waals surface area contributed by atoms with Crippen LogP contribution in [0.3, 0.4) is 0 Å². The first-order chi connectivity index (χ1) is 9.24. The third-order valence-electron chi connectivity index (χ3n) is 2.45. The molecule has 0 aliphatic carbocycles. The summed E-state index contributed by atoms with van der Waals surface area (Å²) in [6.07, 6.45) is 3.35. The molecule has 7 heteroatoms. The first-order valence-corrected chi connectivity index (χ1v) is 6.32. The predicted octanol–water partition coefficient (Wildman–Crippen LogP) is 2.08. The molecule has 0 aliphatic rings. The lowest BCUT2D eigenvalue weighted by Gasteiger charge is -1.88. The van der Waals surface area contributed by atoms with Crippen LogP contribution in [0.2, 0.25) is 0 Å². The number of amides is 1. The molecule has 0 spiro atoms. The average molecular weight is 275 g/mol. The predicted molar refractivity (Wildman–Crippen MR) is 67.4 cm³/mol. The standard InChI is InChI=1S/C12H9N3O3S/c1-15-4-6-19-12(15)13-11(16)8-7-10(18-14-8)9-3-2-5-17-9/h2-7H,1H3. The second kappa shape index (κ2) is 4.69. The van der Waals surface area contributed by atoms with Crippen LogP contribution in [0, 0.1) is 0 Å². The van der Waals surface area contributed by atoms with Crippen LogP contribution in [0.25, 0.3) is 11.5 Å². The lowest BCUT2D eigenvalue weighted by atomic mass is 10.3. The number of furan rings is 1. The summed E-state index contributed by atoms with van der Waals surface area (Å²) in [5.74, 6) is 0.479. The smallest absolute Gasteiger partial charge is 0.301 e. The van der Waals surface area contributed by atoms with Gasteiger partial charge in [-0.15, -0.1) is 11.3 Å².